The van der Waals surface area contributed by atoms with Crippen LogP contribution in [0.2, 0.25) is 0 Å². The van der Waals surface area contributed by atoms with E-state index in [0.717, 1.165) is 31.2 Å². The predicted molar refractivity (Wildman–Crippen MR) is 125 cm³/mol. The first-order valence-electron chi connectivity index (χ1n) is 11.2. The second-order valence-corrected chi connectivity index (χ2v) is 11.0. The van der Waals surface area contributed by atoms with Crippen LogP contribution in [0.3, 0.4) is 0 Å². The fraction of sp³-hybridized carbons (Fsp3) is 0.571. The van der Waals surface area contributed by atoms with Gasteiger partial charge in [-0.15, -0.1) is 0 Å². The maximum absolute atomic E-state index is 13.0. The second-order valence-electron chi connectivity index (χ2n) is 8.10. The van der Waals surface area contributed by atoms with Crippen molar-refractivity contribution in [3.05, 3.63) is 18.2 Å². The number of carbonyl (C=O) groups is 2. The molecule has 2 heterocycles. The van der Waals surface area contributed by atoms with Crippen LogP contribution in [0.5, 0.6) is 0 Å². The molecule has 1 saturated carbocycles. The molecule has 0 spiro atoms. The van der Waals surface area contributed by atoms with Gasteiger partial charge in [-0.25, -0.2) is 18.2 Å². The molecule has 1 saturated heterocycles. The number of hydrogen-bond donors (Lipinski definition) is 2. The number of imide groups is 1. The number of benzene rings is 1. The highest BCUT2D eigenvalue weighted by atomic mass is 32.2. The summed E-state index contributed by atoms with van der Waals surface area (Å²) in [7, 11) is -3.62. The number of sulfonamides is 1. The van der Waals surface area contributed by atoms with E-state index in [4.69, 9.17) is 4.74 Å². The highest BCUT2D eigenvalue weighted by Gasteiger charge is 2.27. The molecular weight excluding hydrogens is 466 g/mol. The van der Waals surface area contributed by atoms with Crippen LogP contribution in [0.25, 0.3) is 11.0 Å². The number of imidazole rings is 1. The number of fused-ring (bicyclic) bond motifs is 1. The van der Waals surface area contributed by atoms with Gasteiger partial charge >= 0.3 is 6.03 Å². The Balaban J connectivity index is 1.44. The molecule has 10 nitrogen and oxygen atoms in total. The van der Waals surface area contributed by atoms with E-state index in [0.29, 0.717) is 43.5 Å². The first-order valence-corrected chi connectivity index (χ1v) is 13.6. The summed E-state index contributed by atoms with van der Waals surface area (Å²) in [6.45, 7) is 3.99. The van der Waals surface area contributed by atoms with E-state index in [9.17, 15) is 18.0 Å². The average Bonchev–Trinajstić information content (AvgIpc) is 3.44. The van der Waals surface area contributed by atoms with E-state index in [2.05, 4.69) is 15.6 Å². The molecule has 1 aliphatic carbocycles. The third-order valence-electron chi connectivity index (χ3n) is 5.88. The largest absolute Gasteiger partial charge is 0.379 e. The lowest BCUT2D eigenvalue weighted by Gasteiger charge is -2.26. The Morgan fingerprint density at radius 3 is 2.64 bits per heavy atom. The van der Waals surface area contributed by atoms with Crippen molar-refractivity contribution in [3.8, 4) is 0 Å². The summed E-state index contributed by atoms with van der Waals surface area (Å²) in [5, 5.41) is 5.80. The number of amides is 3. The standard InChI is InChI=1S/C21H29N5O5S2/c1-2-26-18-8-7-16(33(29,30)25-9-11-31-12-10-25)13-17(18)23-21(26)32-14-19(27)24-20(28)22-15-5-3-4-6-15/h7-8,13,15H,2-6,9-12,14H2,1H3,(H2,22,24,27,28). The minimum Gasteiger partial charge on any atom is -0.379 e. The molecule has 2 N–H and O–H groups in total. The zero-order chi connectivity index (χ0) is 23.4. The first kappa shape index (κ1) is 24.0. The maximum Gasteiger partial charge on any atom is 0.321 e. The molecule has 2 fully saturated rings. The number of rotatable bonds is 7. The Morgan fingerprint density at radius 1 is 1.21 bits per heavy atom. The van der Waals surface area contributed by atoms with Crippen molar-refractivity contribution in [2.24, 2.45) is 0 Å². The van der Waals surface area contributed by atoms with Crippen LogP contribution in [0.1, 0.15) is 32.6 Å². The van der Waals surface area contributed by atoms with Gasteiger partial charge in [-0.1, -0.05) is 24.6 Å². The van der Waals surface area contributed by atoms with Gasteiger partial charge < -0.3 is 14.6 Å². The molecular formula is C21H29N5O5S2. The van der Waals surface area contributed by atoms with Crippen LogP contribution in [-0.4, -0.2) is 72.3 Å². The third-order valence-corrected chi connectivity index (χ3v) is 8.76. The number of urea groups is 1. The Morgan fingerprint density at radius 2 is 1.94 bits per heavy atom. The Labute approximate surface area is 197 Å². The maximum atomic E-state index is 13.0. The van der Waals surface area contributed by atoms with Gasteiger partial charge in [-0.2, -0.15) is 4.31 Å². The predicted octanol–water partition coefficient (Wildman–Crippen LogP) is 1.94. The highest BCUT2D eigenvalue weighted by Crippen LogP contribution is 2.27. The SMILES string of the molecule is CCn1c(SCC(=O)NC(=O)NC2CCCC2)nc2cc(S(=O)(=O)N3CCOCC3)ccc21. The molecule has 1 aliphatic heterocycles. The molecule has 180 valence electrons. The molecule has 0 atom stereocenters. The van der Waals surface area contributed by atoms with Gasteiger partial charge in [0.15, 0.2) is 5.16 Å². The van der Waals surface area contributed by atoms with Crippen LogP contribution in [-0.2, 0) is 26.1 Å². The average molecular weight is 496 g/mol. The summed E-state index contributed by atoms with van der Waals surface area (Å²) in [5.41, 5.74) is 1.34. The lowest BCUT2D eigenvalue weighted by atomic mass is 10.2. The molecule has 2 aromatic rings. The minimum absolute atomic E-state index is 0.0281. The van der Waals surface area contributed by atoms with Gasteiger partial charge in [0.2, 0.25) is 15.9 Å². The molecule has 2 aliphatic rings. The number of thioether (sulfide) groups is 1. The van der Waals surface area contributed by atoms with Crippen LogP contribution < -0.4 is 10.6 Å². The van der Waals surface area contributed by atoms with Crippen LogP contribution >= 0.6 is 11.8 Å². The van der Waals surface area contributed by atoms with Crippen molar-refractivity contribution >= 4 is 44.8 Å². The fourth-order valence-corrected chi connectivity index (χ4v) is 6.49. The summed E-state index contributed by atoms with van der Waals surface area (Å²) in [6, 6.07) is 4.59. The van der Waals surface area contributed by atoms with E-state index in [-0.39, 0.29) is 16.7 Å². The number of aromatic nitrogens is 2. The highest BCUT2D eigenvalue weighted by molar-refractivity contribution is 7.99. The van der Waals surface area contributed by atoms with Gasteiger partial charge in [0.05, 0.1) is 34.9 Å². The number of morpholine rings is 1. The van der Waals surface area contributed by atoms with Crippen molar-refractivity contribution in [1.82, 2.24) is 24.5 Å². The summed E-state index contributed by atoms with van der Waals surface area (Å²) < 4.78 is 34.6. The van der Waals surface area contributed by atoms with Gasteiger partial charge in [0, 0.05) is 25.7 Å². The van der Waals surface area contributed by atoms with Crippen LogP contribution in [0, 0.1) is 0 Å². The second kappa shape index (κ2) is 10.4. The lowest BCUT2D eigenvalue weighted by Crippen LogP contribution is -2.44. The summed E-state index contributed by atoms with van der Waals surface area (Å²) >= 11 is 1.22. The molecule has 0 unspecified atom stereocenters. The van der Waals surface area contributed by atoms with Gasteiger partial charge in [0.1, 0.15) is 0 Å². The molecule has 3 amide bonds. The molecule has 1 aromatic carbocycles. The molecule has 1 aromatic heterocycles. The number of aryl methyl sites for hydroxylation is 1. The van der Waals surface area contributed by atoms with E-state index >= 15 is 0 Å². The van der Waals surface area contributed by atoms with Crippen molar-refractivity contribution in [2.45, 2.75) is 55.2 Å². The molecule has 0 bridgehead atoms. The molecule has 12 heteroatoms. The topological polar surface area (TPSA) is 123 Å². The van der Waals surface area contributed by atoms with Crippen molar-refractivity contribution in [1.29, 1.82) is 0 Å². The molecule has 0 radical (unpaired) electrons. The van der Waals surface area contributed by atoms with Crippen molar-refractivity contribution < 1.29 is 22.7 Å². The van der Waals surface area contributed by atoms with Crippen LogP contribution in [0.15, 0.2) is 28.3 Å². The number of nitrogens with one attached hydrogen (secondary N) is 2. The lowest BCUT2D eigenvalue weighted by molar-refractivity contribution is -0.117. The third kappa shape index (κ3) is 5.51. The van der Waals surface area contributed by atoms with Gasteiger partial charge in [-0.3, -0.25) is 10.1 Å². The Bertz CT molecular complexity index is 1120. The smallest absolute Gasteiger partial charge is 0.321 e. The zero-order valence-corrected chi connectivity index (χ0v) is 20.2. The Hall–Kier alpha value is -2.15. The Kier molecular flexibility index (Phi) is 7.57. The van der Waals surface area contributed by atoms with E-state index < -0.39 is 22.0 Å². The molecule has 33 heavy (non-hydrogen) atoms. The van der Waals surface area contributed by atoms with Gasteiger partial charge in [0.25, 0.3) is 0 Å². The summed E-state index contributed by atoms with van der Waals surface area (Å²) in [6.07, 6.45) is 4.08. The molecule has 4 rings (SSSR count). The summed E-state index contributed by atoms with van der Waals surface area (Å²) in [5.74, 6) is -0.374. The normalized spacial score (nSPS) is 18.0. The number of carbonyl (C=O) groups excluding carboxylic acids is 2. The monoisotopic (exact) mass is 495 g/mol. The fourth-order valence-electron chi connectivity index (χ4n) is 4.18. The van der Waals surface area contributed by atoms with E-state index in [1.54, 1.807) is 18.2 Å². The number of hydrogen-bond acceptors (Lipinski definition) is 7. The first-order chi connectivity index (χ1) is 15.9. The van der Waals surface area contributed by atoms with Crippen LogP contribution in [0.4, 0.5) is 4.79 Å². The summed E-state index contributed by atoms with van der Waals surface area (Å²) in [4.78, 5) is 29.0. The number of nitrogens with zero attached hydrogens (tertiary/aromatic N) is 3. The van der Waals surface area contributed by atoms with E-state index in [1.807, 2.05) is 11.5 Å². The van der Waals surface area contributed by atoms with Crippen molar-refractivity contribution in [2.75, 3.05) is 32.1 Å². The minimum atomic E-state index is -3.62. The van der Waals surface area contributed by atoms with Crippen molar-refractivity contribution in [3.63, 3.8) is 0 Å². The zero-order valence-electron chi connectivity index (χ0n) is 18.6. The quantitative estimate of drug-likeness (QED) is 0.563. The van der Waals surface area contributed by atoms with Gasteiger partial charge in [-0.05, 0) is 38.0 Å². The van der Waals surface area contributed by atoms with E-state index in [1.165, 1.54) is 16.1 Å². The number of ether oxygens (including phenoxy) is 1.